The van der Waals surface area contributed by atoms with E-state index in [-0.39, 0.29) is 10.8 Å². The van der Waals surface area contributed by atoms with Gasteiger partial charge in [0.2, 0.25) is 5.88 Å². The third kappa shape index (κ3) is 6.19. The average molecular weight is 482 g/mol. The summed E-state index contributed by atoms with van der Waals surface area (Å²) in [5.74, 6) is 1.77. The van der Waals surface area contributed by atoms with Crippen molar-refractivity contribution >= 4 is 21.7 Å². The van der Waals surface area contributed by atoms with E-state index in [2.05, 4.69) is 107 Å². The first-order valence-electron chi connectivity index (χ1n) is 13.3. The van der Waals surface area contributed by atoms with E-state index < -0.39 is 0 Å². The van der Waals surface area contributed by atoms with E-state index in [9.17, 15) is 0 Å². The van der Waals surface area contributed by atoms with Crippen molar-refractivity contribution in [3.63, 3.8) is 0 Å². The van der Waals surface area contributed by atoms with Crippen molar-refractivity contribution < 1.29 is 9.47 Å². The van der Waals surface area contributed by atoms with Gasteiger partial charge in [-0.2, -0.15) is 0 Å². The van der Waals surface area contributed by atoms with E-state index in [1.54, 1.807) is 0 Å². The Labute approximate surface area is 215 Å². The number of hydrogen-bond donors (Lipinski definition) is 0. The summed E-state index contributed by atoms with van der Waals surface area (Å²) >= 11 is 0. The zero-order valence-corrected chi connectivity index (χ0v) is 22.6. The molecule has 188 valence electrons. The molecule has 0 spiro atoms. The van der Waals surface area contributed by atoms with Gasteiger partial charge in [-0.3, -0.25) is 0 Å². The van der Waals surface area contributed by atoms with Crippen LogP contribution in [0.1, 0.15) is 78.4 Å². The molecule has 3 heteroatoms. The zero-order valence-electron chi connectivity index (χ0n) is 22.6. The van der Waals surface area contributed by atoms with Gasteiger partial charge in [-0.1, -0.05) is 71.9 Å². The molecule has 6 rings (SSSR count). The lowest BCUT2D eigenvalue weighted by molar-refractivity contribution is 0.292. The molecule has 0 N–H and O–H groups in total. The number of hydrogen-bond acceptors (Lipinski definition) is 3. The fourth-order valence-corrected chi connectivity index (χ4v) is 4.14. The van der Waals surface area contributed by atoms with E-state index in [1.807, 2.05) is 6.07 Å². The van der Waals surface area contributed by atoms with E-state index in [0.29, 0.717) is 12.2 Å². The van der Waals surface area contributed by atoms with E-state index in [0.717, 1.165) is 17.1 Å². The van der Waals surface area contributed by atoms with E-state index >= 15 is 0 Å². The highest BCUT2D eigenvalue weighted by molar-refractivity contribution is 5.84. The number of aromatic nitrogens is 1. The quantitative estimate of drug-likeness (QED) is 0.292. The lowest BCUT2D eigenvalue weighted by Crippen LogP contribution is -2.10. The van der Waals surface area contributed by atoms with Crippen LogP contribution in [0.25, 0.3) is 21.7 Å². The summed E-state index contributed by atoms with van der Waals surface area (Å²) in [6, 6.07) is 23.7. The molecule has 36 heavy (non-hydrogen) atoms. The molecule has 0 unspecified atom stereocenters. The first kappa shape index (κ1) is 24.6. The Hall–Kier alpha value is -3.07. The summed E-state index contributed by atoms with van der Waals surface area (Å²) in [6.07, 6.45) is 5.63. The molecule has 0 amide bonds. The Bertz CT molecular complexity index is 1260. The molecule has 2 saturated carbocycles. The van der Waals surface area contributed by atoms with Crippen molar-refractivity contribution in [2.75, 3.05) is 0 Å². The van der Waals surface area contributed by atoms with E-state index in [1.165, 1.54) is 53.0 Å². The van der Waals surface area contributed by atoms with Gasteiger partial charge in [-0.15, -0.1) is 0 Å². The third-order valence-corrected chi connectivity index (χ3v) is 6.85. The van der Waals surface area contributed by atoms with Gasteiger partial charge in [-0.25, -0.2) is 4.98 Å². The highest BCUT2D eigenvalue weighted by atomic mass is 16.5. The maximum absolute atomic E-state index is 5.83. The molecule has 1 aromatic heterocycles. The van der Waals surface area contributed by atoms with E-state index in [4.69, 9.17) is 9.47 Å². The molecule has 0 radical (unpaired) electrons. The van der Waals surface area contributed by atoms with Crippen LogP contribution in [-0.2, 0) is 10.8 Å². The number of fused-ring (bicyclic) bond motifs is 2. The van der Waals surface area contributed by atoms with Gasteiger partial charge >= 0.3 is 0 Å². The summed E-state index contributed by atoms with van der Waals surface area (Å²) < 4.78 is 11.6. The average Bonchev–Trinajstić information content (AvgIpc) is 3.75. The predicted molar refractivity (Wildman–Crippen MR) is 150 cm³/mol. The fourth-order valence-electron chi connectivity index (χ4n) is 4.14. The molecule has 0 aliphatic heterocycles. The molecule has 0 bridgehead atoms. The summed E-state index contributed by atoms with van der Waals surface area (Å²) in [6.45, 7) is 13.4. The highest BCUT2D eigenvalue weighted by Gasteiger charge is 2.24. The molecule has 3 aromatic carbocycles. The van der Waals surface area contributed by atoms with Gasteiger partial charge < -0.3 is 9.47 Å². The van der Waals surface area contributed by atoms with Crippen LogP contribution in [0.3, 0.4) is 0 Å². The van der Waals surface area contributed by atoms with Crippen LogP contribution in [0, 0.1) is 0 Å². The number of benzene rings is 3. The van der Waals surface area contributed by atoms with Crippen molar-refractivity contribution in [3.8, 4) is 11.6 Å². The van der Waals surface area contributed by atoms with Crippen molar-refractivity contribution in [2.45, 2.75) is 90.3 Å². The van der Waals surface area contributed by atoms with Gasteiger partial charge in [0.15, 0.2) is 0 Å². The van der Waals surface area contributed by atoms with Crippen LogP contribution in [0.15, 0.2) is 66.7 Å². The lowest BCUT2D eigenvalue weighted by atomic mass is 9.86. The SMILES string of the molecule is CC(C)(C)c1ccc2cc(OC3CC3)ccc2c1.CC(C)(C)c1ccc2nc(OC3CC3)ccc2c1. The van der Waals surface area contributed by atoms with Crippen LogP contribution in [0.4, 0.5) is 0 Å². The van der Waals surface area contributed by atoms with Gasteiger partial charge in [0, 0.05) is 11.5 Å². The Morgan fingerprint density at radius 1 is 0.583 bits per heavy atom. The monoisotopic (exact) mass is 481 g/mol. The summed E-state index contributed by atoms with van der Waals surface area (Å²) in [4.78, 5) is 4.56. The fraction of sp³-hybridized carbons (Fsp3) is 0.424. The van der Waals surface area contributed by atoms with Gasteiger partial charge in [0.05, 0.1) is 11.6 Å². The van der Waals surface area contributed by atoms with Crippen LogP contribution in [0.5, 0.6) is 11.6 Å². The van der Waals surface area contributed by atoms with Crippen LogP contribution >= 0.6 is 0 Å². The molecule has 4 aromatic rings. The third-order valence-electron chi connectivity index (χ3n) is 6.85. The maximum Gasteiger partial charge on any atom is 0.214 e. The molecule has 2 aliphatic carbocycles. The minimum absolute atomic E-state index is 0.178. The molecule has 0 atom stereocenters. The molecule has 1 heterocycles. The van der Waals surface area contributed by atoms with Crippen LogP contribution in [0.2, 0.25) is 0 Å². The number of rotatable bonds is 4. The van der Waals surface area contributed by atoms with Gasteiger partial charge in [0.1, 0.15) is 11.9 Å². The summed E-state index contributed by atoms with van der Waals surface area (Å²) in [5, 5.41) is 3.75. The number of nitrogens with zero attached hydrogens (tertiary/aromatic N) is 1. The van der Waals surface area contributed by atoms with Gasteiger partial charge in [-0.05, 0) is 88.7 Å². The summed E-state index contributed by atoms with van der Waals surface area (Å²) in [7, 11) is 0. The Kier molecular flexibility index (Phi) is 6.44. The second kappa shape index (κ2) is 9.42. The topological polar surface area (TPSA) is 31.4 Å². The minimum Gasteiger partial charge on any atom is -0.490 e. The Balaban J connectivity index is 0.000000148. The van der Waals surface area contributed by atoms with Gasteiger partial charge in [0.25, 0.3) is 0 Å². The minimum atomic E-state index is 0.178. The van der Waals surface area contributed by atoms with Crippen LogP contribution < -0.4 is 9.47 Å². The first-order valence-corrected chi connectivity index (χ1v) is 13.3. The first-order chi connectivity index (χ1) is 17.0. The molecular weight excluding hydrogens is 442 g/mol. The standard InChI is InChI=1S/C17H20O.C16H19NO/c1-17(2,3)14-6-4-13-11-16(18-15-8-9-15)7-5-12(13)10-14;1-16(2,3)12-5-8-14-11(10-12)4-9-15(17-14)18-13-6-7-13/h4-7,10-11,15H,8-9H2,1-3H3;4-5,8-10,13H,6-7H2,1-3H3. The van der Waals surface area contributed by atoms with Crippen LogP contribution in [-0.4, -0.2) is 17.2 Å². The predicted octanol–water partition coefficient (Wildman–Crippen LogP) is 8.75. The molecule has 0 saturated heterocycles. The largest absolute Gasteiger partial charge is 0.490 e. The van der Waals surface area contributed by atoms with Crippen molar-refractivity contribution in [1.29, 1.82) is 0 Å². The normalized spacial score (nSPS) is 15.9. The zero-order chi connectivity index (χ0) is 25.5. The second-order valence-corrected chi connectivity index (χ2v) is 12.4. The molecule has 2 fully saturated rings. The number of pyridine rings is 1. The summed E-state index contributed by atoms with van der Waals surface area (Å²) in [5.41, 5.74) is 4.12. The molecule has 2 aliphatic rings. The molecular formula is C33H39NO2. The maximum atomic E-state index is 5.83. The van der Waals surface area contributed by atoms with Crippen molar-refractivity contribution in [1.82, 2.24) is 4.98 Å². The number of ether oxygens (including phenoxy) is 2. The Morgan fingerprint density at radius 2 is 1.11 bits per heavy atom. The van der Waals surface area contributed by atoms with Crippen molar-refractivity contribution in [2.24, 2.45) is 0 Å². The highest BCUT2D eigenvalue weighted by Crippen LogP contribution is 2.32. The smallest absolute Gasteiger partial charge is 0.214 e. The van der Waals surface area contributed by atoms with Crippen molar-refractivity contribution in [3.05, 3.63) is 77.9 Å². The second-order valence-electron chi connectivity index (χ2n) is 12.4. The molecule has 3 nitrogen and oxygen atoms in total. The lowest BCUT2D eigenvalue weighted by Gasteiger charge is -2.19. The Morgan fingerprint density at radius 3 is 1.75 bits per heavy atom.